The number of nitrogens with zero attached hydrogens (tertiary/aromatic N) is 1. The summed E-state index contributed by atoms with van der Waals surface area (Å²) in [5.41, 5.74) is 1.11. The average molecular weight is 233 g/mol. The zero-order valence-corrected chi connectivity index (χ0v) is 9.59. The highest BCUT2D eigenvalue weighted by Gasteiger charge is 2.22. The summed E-state index contributed by atoms with van der Waals surface area (Å²) in [5.74, 6) is 0.458. The fraction of sp³-hybridized carbons (Fsp3) is 0.462. The number of non-ortho nitro benzene ring substituents is 1. The van der Waals surface area contributed by atoms with Gasteiger partial charge in [0.05, 0.1) is 4.92 Å². The molecular weight excluding hydrogens is 218 g/mol. The number of carbonyl (C=O) groups excluding carboxylic acids is 1. The van der Waals surface area contributed by atoms with Crippen LogP contribution in [0.25, 0.3) is 0 Å². The number of carbonyl (C=O) groups is 1. The van der Waals surface area contributed by atoms with Gasteiger partial charge in [-0.05, 0) is 24.8 Å². The van der Waals surface area contributed by atoms with Crippen molar-refractivity contribution < 1.29 is 9.72 Å². The monoisotopic (exact) mass is 233 g/mol. The molecule has 90 valence electrons. The van der Waals surface area contributed by atoms with E-state index in [1.54, 1.807) is 12.1 Å². The number of nitro groups is 1. The van der Waals surface area contributed by atoms with Crippen LogP contribution in [0.3, 0.4) is 0 Å². The lowest BCUT2D eigenvalue weighted by atomic mass is 9.84. The lowest BCUT2D eigenvalue weighted by Gasteiger charge is -2.20. The van der Waals surface area contributed by atoms with Crippen molar-refractivity contribution >= 4 is 11.5 Å². The van der Waals surface area contributed by atoms with E-state index in [2.05, 4.69) is 0 Å². The molecule has 1 aliphatic rings. The summed E-state index contributed by atoms with van der Waals surface area (Å²) in [6.07, 6.45) is 4.49. The topological polar surface area (TPSA) is 60.2 Å². The number of rotatable bonds is 3. The van der Waals surface area contributed by atoms with Gasteiger partial charge < -0.3 is 0 Å². The lowest BCUT2D eigenvalue weighted by Crippen LogP contribution is -2.20. The Hall–Kier alpha value is -1.71. The predicted octanol–water partition coefficient (Wildman–Crippen LogP) is 2.90. The number of hydrogen-bond donors (Lipinski definition) is 0. The first-order chi connectivity index (χ1) is 8.16. The number of ketones is 1. The van der Waals surface area contributed by atoms with Crippen LogP contribution in [-0.2, 0) is 11.2 Å². The standard InChI is InChI=1S/C13H15NO3/c15-13-4-2-1-3-11(13)9-10-5-7-12(8-6-10)14(16)17/h5-8,11H,1-4,9H2. The molecule has 0 amide bonds. The summed E-state index contributed by atoms with van der Waals surface area (Å²) in [7, 11) is 0. The molecule has 1 unspecified atom stereocenters. The van der Waals surface area contributed by atoms with E-state index in [-0.39, 0.29) is 11.6 Å². The molecule has 0 saturated heterocycles. The fourth-order valence-corrected chi connectivity index (χ4v) is 2.31. The van der Waals surface area contributed by atoms with Crippen LogP contribution in [-0.4, -0.2) is 10.7 Å². The van der Waals surface area contributed by atoms with Gasteiger partial charge in [0, 0.05) is 24.5 Å². The van der Waals surface area contributed by atoms with E-state index in [1.807, 2.05) is 0 Å². The van der Waals surface area contributed by atoms with E-state index in [9.17, 15) is 14.9 Å². The maximum absolute atomic E-state index is 11.7. The predicted molar refractivity (Wildman–Crippen MR) is 63.8 cm³/mol. The van der Waals surface area contributed by atoms with Crippen LogP contribution in [0.1, 0.15) is 31.2 Å². The minimum absolute atomic E-state index is 0.101. The molecule has 0 spiro atoms. The molecule has 4 nitrogen and oxygen atoms in total. The van der Waals surface area contributed by atoms with Crippen molar-refractivity contribution in [3.63, 3.8) is 0 Å². The Kier molecular flexibility index (Phi) is 3.52. The molecule has 4 heteroatoms. The van der Waals surface area contributed by atoms with Crippen molar-refractivity contribution in [3.8, 4) is 0 Å². The quantitative estimate of drug-likeness (QED) is 0.595. The van der Waals surface area contributed by atoms with Gasteiger partial charge in [-0.25, -0.2) is 0 Å². The van der Waals surface area contributed by atoms with Gasteiger partial charge in [0.2, 0.25) is 0 Å². The van der Waals surface area contributed by atoms with Crippen LogP contribution in [0.5, 0.6) is 0 Å². The average Bonchev–Trinajstić information content (AvgIpc) is 2.33. The highest BCUT2D eigenvalue weighted by molar-refractivity contribution is 5.81. The number of nitro benzene ring substituents is 1. The smallest absolute Gasteiger partial charge is 0.269 e. The van der Waals surface area contributed by atoms with Crippen molar-refractivity contribution in [1.29, 1.82) is 0 Å². The second kappa shape index (κ2) is 5.08. The zero-order valence-electron chi connectivity index (χ0n) is 9.59. The molecular formula is C13H15NO3. The van der Waals surface area contributed by atoms with Crippen LogP contribution in [0.4, 0.5) is 5.69 Å². The molecule has 0 heterocycles. The van der Waals surface area contributed by atoms with Gasteiger partial charge in [-0.15, -0.1) is 0 Å². The maximum atomic E-state index is 11.7. The highest BCUT2D eigenvalue weighted by Crippen LogP contribution is 2.24. The summed E-state index contributed by atoms with van der Waals surface area (Å²) >= 11 is 0. The molecule has 0 aromatic heterocycles. The van der Waals surface area contributed by atoms with Gasteiger partial charge in [0.15, 0.2) is 0 Å². The minimum atomic E-state index is -0.407. The Bertz CT molecular complexity index is 425. The number of hydrogen-bond acceptors (Lipinski definition) is 3. The fourth-order valence-electron chi connectivity index (χ4n) is 2.31. The van der Waals surface area contributed by atoms with Crippen molar-refractivity contribution in [2.75, 3.05) is 0 Å². The van der Waals surface area contributed by atoms with E-state index in [1.165, 1.54) is 12.1 Å². The lowest BCUT2D eigenvalue weighted by molar-refractivity contribution is -0.384. The first-order valence-corrected chi connectivity index (χ1v) is 5.93. The first kappa shape index (κ1) is 11.8. The molecule has 1 saturated carbocycles. The van der Waals surface area contributed by atoms with Gasteiger partial charge in [0.25, 0.3) is 5.69 Å². The SMILES string of the molecule is O=C1CCCCC1Cc1ccc([N+](=O)[O-])cc1. The summed E-state index contributed by atoms with van der Waals surface area (Å²) in [4.78, 5) is 21.8. The van der Waals surface area contributed by atoms with Crippen LogP contribution < -0.4 is 0 Å². The number of benzene rings is 1. The molecule has 0 radical (unpaired) electrons. The Balaban J connectivity index is 2.03. The van der Waals surface area contributed by atoms with Gasteiger partial charge in [0.1, 0.15) is 5.78 Å². The summed E-state index contributed by atoms with van der Waals surface area (Å²) in [5, 5.41) is 10.5. The Morgan fingerprint density at radius 2 is 1.94 bits per heavy atom. The second-order valence-corrected chi connectivity index (χ2v) is 4.54. The molecule has 1 aromatic rings. The second-order valence-electron chi connectivity index (χ2n) is 4.54. The molecule has 1 fully saturated rings. The van der Waals surface area contributed by atoms with Crippen LogP contribution in [0.15, 0.2) is 24.3 Å². The van der Waals surface area contributed by atoms with E-state index in [4.69, 9.17) is 0 Å². The first-order valence-electron chi connectivity index (χ1n) is 5.93. The Labute approximate surface area is 99.8 Å². The van der Waals surface area contributed by atoms with Gasteiger partial charge in [-0.3, -0.25) is 14.9 Å². The van der Waals surface area contributed by atoms with E-state index in [0.29, 0.717) is 12.2 Å². The van der Waals surface area contributed by atoms with E-state index >= 15 is 0 Å². The van der Waals surface area contributed by atoms with Crippen molar-refractivity contribution in [2.45, 2.75) is 32.1 Å². The molecule has 1 aromatic carbocycles. The van der Waals surface area contributed by atoms with Gasteiger partial charge in [-0.1, -0.05) is 18.6 Å². The van der Waals surface area contributed by atoms with Crippen molar-refractivity contribution in [2.24, 2.45) is 5.92 Å². The zero-order chi connectivity index (χ0) is 12.3. The third-order valence-corrected chi connectivity index (χ3v) is 3.31. The van der Waals surface area contributed by atoms with Gasteiger partial charge in [-0.2, -0.15) is 0 Å². The van der Waals surface area contributed by atoms with Crippen LogP contribution in [0, 0.1) is 16.0 Å². The molecule has 0 bridgehead atoms. The minimum Gasteiger partial charge on any atom is -0.299 e. The summed E-state index contributed by atoms with van der Waals surface area (Å²) < 4.78 is 0. The van der Waals surface area contributed by atoms with Gasteiger partial charge >= 0.3 is 0 Å². The summed E-state index contributed by atoms with van der Waals surface area (Å²) in [6, 6.07) is 6.51. The molecule has 0 aliphatic heterocycles. The number of Topliss-reactive ketones (excluding diaryl/α,β-unsaturated/α-hetero) is 1. The largest absolute Gasteiger partial charge is 0.299 e. The third-order valence-electron chi connectivity index (χ3n) is 3.31. The molecule has 0 N–H and O–H groups in total. The van der Waals surface area contributed by atoms with E-state index < -0.39 is 4.92 Å². The highest BCUT2D eigenvalue weighted by atomic mass is 16.6. The normalized spacial score (nSPS) is 20.2. The maximum Gasteiger partial charge on any atom is 0.269 e. The molecule has 17 heavy (non-hydrogen) atoms. The van der Waals surface area contributed by atoms with E-state index in [0.717, 1.165) is 31.2 Å². The summed E-state index contributed by atoms with van der Waals surface area (Å²) in [6.45, 7) is 0. The molecule has 2 rings (SSSR count). The Morgan fingerprint density at radius 3 is 2.53 bits per heavy atom. The Morgan fingerprint density at radius 1 is 1.24 bits per heavy atom. The van der Waals surface area contributed by atoms with Crippen LogP contribution in [0.2, 0.25) is 0 Å². The third kappa shape index (κ3) is 2.90. The van der Waals surface area contributed by atoms with Crippen molar-refractivity contribution in [3.05, 3.63) is 39.9 Å². The molecule has 1 atom stereocenters. The molecule has 1 aliphatic carbocycles. The van der Waals surface area contributed by atoms with Crippen molar-refractivity contribution in [1.82, 2.24) is 0 Å². The van der Waals surface area contributed by atoms with Crippen LogP contribution >= 0.6 is 0 Å².